The maximum Gasteiger partial charge on any atom is 0.263 e. The van der Waals surface area contributed by atoms with E-state index in [1.165, 1.54) is 6.20 Å². The van der Waals surface area contributed by atoms with Crippen molar-refractivity contribution >= 4 is 17.6 Å². The highest BCUT2D eigenvalue weighted by molar-refractivity contribution is 6.05. The van der Waals surface area contributed by atoms with Crippen molar-refractivity contribution in [3.63, 3.8) is 0 Å². The van der Waals surface area contributed by atoms with Crippen LogP contribution in [0.5, 0.6) is 5.75 Å². The minimum atomic E-state index is -0.553. The molecular formula is C17H18N4O3. The van der Waals surface area contributed by atoms with Crippen LogP contribution in [0, 0.1) is 6.92 Å². The van der Waals surface area contributed by atoms with Gasteiger partial charge in [-0.05, 0) is 19.1 Å². The van der Waals surface area contributed by atoms with Crippen molar-refractivity contribution in [3.05, 3.63) is 47.9 Å². The Morgan fingerprint density at radius 3 is 2.75 bits per heavy atom. The van der Waals surface area contributed by atoms with Gasteiger partial charge in [-0.25, -0.2) is 4.98 Å². The molecule has 1 aromatic heterocycles. The first-order valence-corrected chi connectivity index (χ1v) is 7.65. The summed E-state index contributed by atoms with van der Waals surface area (Å²) in [6.45, 7) is 2.47. The largest absolute Gasteiger partial charge is 0.480 e. The SMILES string of the molecule is Cc1cnc(NC(=O)c2ccccc2O[C@H]2CCN(C)C2=O)cn1. The zero-order valence-corrected chi connectivity index (χ0v) is 13.5. The summed E-state index contributed by atoms with van der Waals surface area (Å²) in [7, 11) is 1.74. The lowest BCUT2D eigenvalue weighted by Crippen LogP contribution is -2.30. The maximum atomic E-state index is 12.5. The lowest BCUT2D eigenvalue weighted by Gasteiger charge is -2.15. The second kappa shape index (κ2) is 6.66. The maximum absolute atomic E-state index is 12.5. The summed E-state index contributed by atoms with van der Waals surface area (Å²) in [6, 6.07) is 6.84. The molecule has 0 radical (unpaired) electrons. The van der Waals surface area contributed by atoms with Crippen LogP contribution < -0.4 is 10.1 Å². The standard InChI is InChI=1S/C17H18N4O3/c1-11-9-19-15(10-18-11)20-16(22)12-5-3-4-6-13(12)24-14-7-8-21(2)17(14)23/h3-6,9-10,14H,7-8H2,1-2H3,(H,19,20,22)/t14-/m0/s1. The van der Waals surface area contributed by atoms with Crippen molar-refractivity contribution in [1.29, 1.82) is 0 Å². The number of likely N-dealkylation sites (tertiary alicyclic amines) is 1. The zero-order chi connectivity index (χ0) is 17.1. The molecule has 3 rings (SSSR count). The number of aromatic nitrogens is 2. The van der Waals surface area contributed by atoms with Gasteiger partial charge in [0.15, 0.2) is 11.9 Å². The minimum absolute atomic E-state index is 0.0744. The molecule has 0 saturated carbocycles. The predicted octanol–water partition coefficient (Wildman–Crippen LogP) is 1.65. The van der Waals surface area contributed by atoms with Gasteiger partial charge in [-0.1, -0.05) is 12.1 Å². The van der Waals surface area contributed by atoms with Gasteiger partial charge in [-0.15, -0.1) is 0 Å². The molecule has 1 aromatic carbocycles. The molecule has 7 nitrogen and oxygen atoms in total. The Hall–Kier alpha value is -2.96. The highest BCUT2D eigenvalue weighted by Crippen LogP contribution is 2.23. The fraction of sp³-hybridized carbons (Fsp3) is 0.294. The Labute approximate surface area is 139 Å². The van der Waals surface area contributed by atoms with Gasteiger partial charge in [-0.2, -0.15) is 0 Å². The molecule has 2 heterocycles. The van der Waals surface area contributed by atoms with Gasteiger partial charge in [0.25, 0.3) is 11.8 Å². The number of hydrogen-bond acceptors (Lipinski definition) is 5. The lowest BCUT2D eigenvalue weighted by molar-refractivity contribution is -0.132. The smallest absolute Gasteiger partial charge is 0.263 e. The van der Waals surface area contributed by atoms with Crippen LogP contribution in [0.1, 0.15) is 22.5 Å². The number of rotatable bonds is 4. The third kappa shape index (κ3) is 3.34. The number of likely N-dealkylation sites (N-methyl/N-ethyl adjacent to an activating group) is 1. The first-order chi connectivity index (χ1) is 11.5. The highest BCUT2D eigenvalue weighted by Gasteiger charge is 2.31. The molecular weight excluding hydrogens is 308 g/mol. The van der Waals surface area contributed by atoms with Gasteiger partial charge in [0.1, 0.15) is 5.75 Å². The normalized spacial score (nSPS) is 17.0. The van der Waals surface area contributed by atoms with Crippen LogP contribution in [0.3, 0.4) is 0 Å². The molecule has 7 heteroatoms. The molecule has 2 aromatic rings. The summed E-state index contributed by atoms with van der Waals surface area (Å²) in [5, 5.41) is 2.68. The average Bonchev–Trinajstić information content (AvgIpc) is 2.89. The third-order valence-electron chi connectivity index (χ3n) is 3.80. The second-order valence-electron chi connectivity index (χ2n) is 5.65. The van der Waals surface area contributed by atoms with Gasteiger partial charge in [0, 0.05) is 20.0 Å². The van der Waals surface area contributed by atoms with Crippen LogP contribution in [0.25, 0.3) is 0 Å². The number of carbonyl (C=O) groups is 2. The fourth-order valence-corrected chi connectivity index (χ4v) is 2.45. The summed E-state index contributed by atoms with van der Waals surface area (Å²) < 4.78 is 5.78. The van der Waals surface area contributed by atoms with Crippen LogP contribution in [-0.4, -0.2) is 46.4 Å². The number of nitrogens with one attached hydrogen (secondary N) is 1. The highest BCUT2D eigenvalue weighted by atomic mass is 16.5. The minimum Gasteiger partial charge on any atom is -0.480 e. The Morgan fingerprint density at radius 2 is 2.08 bits per heavy atom. The first kappa shape index (κ1) is 15.9. The number of amides is 2. The molecule has 0 spiro atoms. The zero-order valence-electron chi connectivity index (χ0n) is 13.5. The number of nitrogens with zero attached hydrogens (tertiary/aromatic N) is 3. The molecule has 1 aliphatic heterocycles. The van der Waals surface area contributed by atoms with Crippen molar-refractivity contribution < 1.29 is 14.3 Å². The van der Waals surface area contributed by atoms with Gasteiger partial charge < -0.3 is 15.0 Å². The van der Waals surface area contributed by atoms with E-state index in [4.69, 9.17) is 4.74 Å². The topological polar surface area (TPSA) is 84.4 Å². The summed E-state index contributed by atoms with van der Waals surface area (Å²) in [5.41, 5.74) is 1.11. The van der Waals surface area contributed by atoms with Crippen molar-refractivity contribution in [3.8, 4) is 5.75 Å². The summed E-state index contributed by atoms with van der Waals surface area (Å²) >= 11 is 0. The number of para-hydroxylation sites is 1. The Balaban J connectivity index is 1.77. The van der Waals surface area contributed by atoms with E-state index in [0.717, 1.165) is 5.69 Å². The molecule has 0 aliphatic carbocycles. The van der Waals surface area contributed by atoms with Gasteiger partial charge in [0.2, 0.25) is 0 Å². The molecule has 1 atom stereocenters. The van der Waals surface area contributed by atoms with Crippen molar-refractivity contribution in [2.75, 3.05) is 18.9 Å². The molecule has 124 valence electrons. The molecule has 1 aliphatic rings. The van der Waals surface area contributed by atoms with E-state index < -0.39 is 6.10 Å². The number of hydrogen-bond donors (Lipinski definition) is 1. The number of anilines is 1. The molecule has 1 saturated heterocycles. The fourth-order valence-electron chi connectivity index (χ4n) is 2.45. The van der Waals surface area contributed by atoms with E-state index in [9.17, 15) is 9.59 Å². The first-order valence-electron chi connectivity index (χ1n) is 7.65. The van der Waals surface area contributed by atoms with Gasteiger partial charge >= 0.3 is 0 Å². The predicted molar refractivity (Wildman–Crippen MR) is 87.8 cm³/mol. The number of benzene rings is 1. The Bertz CT molecular complexity index is 761. The van der Waals surface area contributed by atoms with Crippen LogP contribution >= 0.6 is 0 Å². The third-order valence-corrected chi connectivity index (χ3v) is 3.80. The van der Waals surface area contributed by atoms with Gasteiger partial charge in [-0.3, -0.25) is 14.6 Å². The molecule has 24 heavy (non-hydrogen) atoms. The lowest BCUT2D eigenvalue weighted by atomic mass is 10.2. The van der Waals surface area contributed by atoms with Crippen LogP contribution in [0.4, 0.5) is 5.82 Å². The van der Waals surface area contributed by atoms with Crippen molar-refractivity contribution in [1.82, 2.24) is 14.9 Å². The Kier molecular flexibility index (Phi) is 4.41. The van der Waals surface area contributed by atoms with E-state index in [1.54, 1.807) is 42.4 Å². The van der Waals surface area contributed by atoms with E-state index in [2.05, 4.69) is 15.3 Å². The molecule has 1 N–H and O–H groups in total. The molecule has 1 fully saturated rings. The number of aryl methyl sites for hydroxylation is 1. The van der Waals surface area contributed by atoms with E-state index >= 15 is 0 Å². The number of ether oxygens (including phenoxy) is 1. The monoisotopic (exact) mass is 326 g/mol. The average molecular weight is 326 g/mol. The second-order valence-corrected chi connectivity index (χ2v) is 5.65. The van der Waals surface area contributed by atoms with Crippen molar-refractivity contribution in [2.45, 2.75) is 19.4 Å². The summed E-state index contributed by atoms with van der Waals surface area (Å²) in [5.74, 6) is 0.304. The Morgan fingerprint density at radius 1 is 1.29 bits per heavy atom. The summed E-state index contributed by atoms with van der Waals surface area (Å²) in [6.07, 6.45) is 3.12. The quantitative estimate of drug-likeness (QED) is 0.923. The van der Waals surface area contributed by atoms with Crippen molar-refractivity contribution in [2.24, 2.45) is 0 Å². The molecule has 0 bridgehead atoms. The van der Waals surface area contributed by atoms with E-state index in [0.29, 0.717) is 30.1 Å². The number of carbonyl (C=O) groups excluding carboxylic acids is 2. The molecule has 0 unspecified atom stereocenters. The van der Waals surface area contributed by atoms with Crippen LogP contribution in [0.15, 0.2) is 36.7 Å². The molecule has 2 amide bonds. The van der Waals surface area contributed by atoms with E-state index in [1.807, 2.05) is 6.92 Å². The van der Waals surface area contributed by atoms with Crippen LogP contribution in [0.2, 0.25) is 0 Å². The van der Waals surface area contributed by atoms with E-state index in [-0.39, 0.29) is 11.8 Å². The van der Waals surface area contributed by atoms with Gasteiger partial charge in [0.05, 0.1) is 23.7 Å². The van der Waals surface area contributed by atoms with Crippen LogP contribution in [-0.2, 0) is 4.79 Å². The summed E-state index contributed by atoms with van der Waals surface area (Å²) in [4.78, 5) is 34.3.